The van der Waals surface area contributed by atoms with Crippen molar-refractivity contribution in [2.75, 3.05) is 13.2 Å². The minimum atomic E-state index is -0.149. The number of hydrogen-bond acceptors (Lipinski definition) is 3. The lowest BCUT2D eigenvalue weighted by atomic mass is 10.0. The fourth-order valence-corrected chi connectivity index (χ4v) is 2.17. The lowest BCUT2D eigenvalue weighted by Gasteiger charge is -2.16. The summed E-state index contributed by atoms with van der Waals surface area (Å²) in [4.78, 5) is 11.6. The van der Waals surface area contributed by atoms with Gasteiger partial charge in [-0.25, -0.2) is 0 Å². The van der Waals surface area contributed by atoms with Crippen molar-refractivity contribution < 1.29 is 9.53 Å². The second-order valence-corrected chi connectivity index (χ2v) is 4.74. The van der Waals surface area contributed by atoms with Gasteiger partial charge in [-0.2, -0.15) is 0 Å². The zero-order valence-electron chi connectivity index (χ0n) is 11.8. The van der Waals surface area contributed by atoms with Crippen molar-refractivity contribution in [3.8, 4) is 5.75 Å². The van der Waals surface area contributed by atoms with Crippen molar-refractivity contribution in [2.45, 2.75) is 19.9 Å². The Labute approximate surface area is 118 Å². The highest BCUT2D eigenvalue weighted by molar-refractivity contribution is 5.90. The quantitative estimate of drug-likeness (QED) is 0.878. The molecule has 4 heteroatoms. The van der Waals surface area contributed by atoms with Crippen molar-refractivity contribution in [1.82, 2.24) is 5.32 Å². The van der Waals surface area contributed by atoms with Gasteiger partial charge >= 0.3 is 0 Å². The number of nitrogens with two attached hydrogens (primary N) is 1. The third kappa shape index (κ3) is 3.08. The largest absolute Gasteiger partial charge is 0.483 e. The van der Waals surface area contributed by atoms with Gasteiger partial charge in [-0.3, -0.25) is 4.79 Å². The molecule has 3 N–H and O–H groups in total. The van der Waals surface area contributed by atoms with Crippen LogP contribution in [0.1, 0.15) is 25.5 Å². The number of hydrogen-bond donors (Lipinski definition) is 2. The number of nitrogens with one attached hydrogen (secondary N) is 1. The number of amides is 1. The summed E-state index contributed by atoms with van der Waals surface area (Å²) in [6.07, 6.45) is 0. The Morgan fingerprint density at radius 3 is 2.75 bits per heavy atom. The van der Waals surface area contributed by atoms with Gasteiger partial charge in [-0.1, -0.05) is 36.4 Å². The molecule has 0 radical (unpaired) electrons. The van der Waals surface area contributed by atoms with Gasteiger partial charge in [0.1, 0.15) is 5.75 Å². The third-order valence-electron chi connectivity index (χ3n) is 3.12. The molecule has 0 aliphatic carbocycles. The summed E-state index contributed by atoms with van der Waals surface area (Å²) in [5.41, 5.74) is 6.90. The number of fused-ring (bicyclic) bond motifs is 1. The van der Waals surface area contributed by atoms with Gasteiger partial charge in [0.15, 0.2) is 6.61 Å². The number of rotatable bonds is 5. The monoisotopic (exact) mass is 272 g/mol. The first kappa shape index (κ1) is 14.3. The van der Waals surface area contributed by atoms with E-state index in [1.54, 1.807) is 0 Å². The third-order valence-corrected chi connectivity index (χ3v) is 3.12. The molecule has 0 fully saturated rings. The summed E-state index contributed by atoms with van der Waals surface area (Å²) in [5, 5.41) is 4.77. The molecule has 0 saturated heterocycles. The minimum Gasteiger partial charge on any atom is -0.483 e. The summed E-state index contributed by atoms with van der Waals surface area (Å²) in [5.74, 6) is 0.570. The standard InChI is InChI=1S/C16H20N2O2/c1-3-18-15(19)10-20-16-13(11(2)17)9-8-12-6-4-5-7-14(12)16/h4-9,11H,3,10,17H2,1-2H3,(H,18,19). The van der Waals surface area contributed by atoms with E-state index in [9.17, 15) is 4.79 Å². The van der Waals surface area contributed by atoms with E-state index in [4.69, 9.17) is 10.5 Å². The summed E-state index contributed by atoms with van der Waals surface area (Å²) < 4.78 is 5.73. The van der Waals surface area contributed by atoms with Gasteiger partial charge in [0.05, 0.1) is 0 Å². The number of carbonyl (C=O) groups is 1. The molecule has 1 atom stereocenters. The van der Waals surface area contributed by atoms with E-state index in [1.807, 2.05) is 50.2 Å². The molecule has 0 bridgehead atoms. The SMILES string of the molecule is CCNC(=O)COc1c(C(C)N)ccc2ccccc12. The molecule has 0 aliphatic heterocycles. The molecule has 20 heavy (non-hydrogen) atoms. The maximum atomic E-state index is 11.6. The predicted octanol–water partition coefficient (Wildman–Crippen LogP) is 2.37. The lowest BCUT2D eigenvalue weighted by Crippen LogP contribution is -2.28. The molecular weight excluding hydrogens is 252 g/mol. The van der Waals surface area contributed by atoms with Crippen molar-refractivity contribution in [2.24, 2.45) is 5.73 Å². The Morgan fingerprint density at radius 2 is 2.05 bits per heavy atom. The molecule has 0 heterocycles. The first-order valence-corrected chi connectivity index (χ1v) is 6.80. The fraction of sp³-hybridized carbons (Fsp3) is 0.312. The van der Waals surface area contributed by atoms with Crippen LogP contribution in [0.2, 0.25) is 0 Å². The van der Waals surface area contributed by atoms with Crippen molar-refractivity contribution >= 4 is 16.7 Å². The Bertz CT molecular complexity index is 608. The summed E-state index contributed by atoms with van der Waals surface area (Å²) in [7, 11) is 0. The minimum absolute atomic E-state index is 0.00156. The normalized spacial score (nSPS) is 12.2. The van der Waals surface area contributed by atoms with E-state index in [1.165, 1.54) is 0 Å². The Balaban J connectivity index is 2.37. The molecule has 0 spiro atoms. The molecule has 2 aromatic rings. The Morgan fingerprint density at radius 1 is 1.30 bits per heavy atom. The summed E-state index contributed by atoms with van der Waals surface area (Å²) in [6.45, 7) is 4.38. The van der Waals surface area contributed by atoms with Gasteiger partial charge < -0.3 is 15.8 Å². The molecule has 0 saturated carbocycles. The number of benzene rings is 2. The molecule has 106 valence electrons. The second kappa shape index (κ2) is 6.39. The van der Waals surface area contributed by atoms with Crippen LogP contribution in [-0.4, -0.2) is 19.1 Å². The van der Waals surface area contributed by atoms with E-state index in [2.05, 4.69) is 5.32 Å². The lowest BCUT2D eigenvalue weighted by molar-refractivity contribution is -0.122. The summed E-state index contributed by atoms with van der Waals surface area (Å²) >= 11 is 0. The highest BCUT2D eigenvalue weighted by Crippen LogP contribution is 2.32. The topological polar surface area (TPSA) is 64.3 Å². The maximum Gasteiger partial charge on any atom is 0.257 e. The van der Waals surface area contributed by atoms with Gasteiger partial charge in [0, 0.05) is 23.5 Å². The Kier molecular flexibility index (Phi) is 4.58. The average molecular weight is 272 g/mol. The van der Waals surface area contributed by atoms with E-state index in [-0.39, 0.29) is 18.6 Å². The molecular formula is C16H20N2O2. The molecule has 2 rings (SSSR count). The predicted molar refractivity (Wildman–Crippen MR) is 80.7 cm³/mol. The number of carbonyl (C=O) groups excluding carboxylic acids is 1. The number of ether oxygens (including phenoxy) is 1. The van der Waals surface area contributed by atoms with Crippen LogP contribution in [0.25, 0.3) is 10.8 Å². The van der Waals surface area contributed by atoms with Crippen LogP contribution in [0.15, 0.2) is 36.4 Å². The van der Waals surface area contributed by atoms with Crippen molar-refractivity contribution in [3.63, 3.8) is 0 Å². The zero-order valence-corrected chi connectivity index (χ0v) is 11.8. The van der Waals surface area contributed by atoms with Gasteiger partial charge in [-0.05, 0) is 19.2 Å². The van der Waals surface area contributed by atoms with E-state index in [0.29, 0.717) is 12.3 Å². The van der Waals surface area contributed by atoms with Crippen LogP contribution in [0.3, 0.4) is 0 Å². The molecule has 0 aromatic heterocycles. The molecule has 1 amide bonds. The molecule has 0 aliphatic rings. The molecule has 4 nitrogen and oxygen atoms in total. The second-order valence-electron chi connectivity index (χ2n) is 4.74. The summed E-state index contributed by atoms with van der Waals surface area (Å²) in [6, 6.07) is 11.7. The van der Waals surface area contributed by atoms with Crippen molar-refractivity contribution in [3.05, 3.63) is 42.0 Å². The van der Waals surface area contributed by atoms with Crippen LogP contribution in [0.5, 0.6) is 5.75 Å². The van der Waals surface area contributed by atoms with Gasteiger partial charge in [0.2, 0.25) is 0 Å². The maximum absolute atomic E-state index is 11.6. The van der Waals surface area contributed by atoms with E-state index in [0.717, 1.165) is 16.3 Å². The fourth-order valence-electron chi connectivity index (χ4n) is 2.17. The Hall–Kier alpha value is -2.07. The number of likely N-dealkylation sites (N-methyl/N-ethyl adjacent to an activating group) is 1. The van der Waals surface area contributed by atoms with Gasteiger partial charge in [-0.15, -0.1) is 0 Å². The average Bonchev–Trinajstić information content (AvgIpc) is 2.44. The first-order chi connectivity index (χ1) is 9.63. The first-order valence-electron chi connectivity index (χ1n) is 6.80. The molecule has 1 unspecified atom stereocenters. The van der Waals surface area contributed by atoms with E-state index < -0.39 is 0 Å². The van der Waals surface area contributed by atoms with E-state index >= 15 is 0 Å². The molecule has 2 aromatic carbocycles. The van der Waals surface area contributed by atoms with Crippen molar-refractivity contribution in [1.29, 1.82) is 0 Å². The smallest absolute Gasteiger partial charge is 0.257 e. The van der Waals surface area contributed by atoms with Gasteiger partial charge in [0.25, 0.3) is 5.91 Å². The zero-order chi connectivity index (χ0) is 14.5. The van der Waals surface area contributed by atoms with Crippen LogP contribution in [-0.2, 0) is 4.79 Å². The van der Waals surface area contributed by atoms with Crippen LogP contribution in [0, 0.1) is 0 Å². The van der Waals surface area contributed by atoms with Crippen LogP contribution in [0.4, 0.5) is 0 Å². The van der Waals surface area contributed by atoms with Crippen LogP contribution < -0.4 is 15.8 Å². The highest BCUT2D eigenvalue weighted by Gasteiger charge is 2.13. The highest BCUT2D eigenvalue weighted by atomic mass is 16.5. The van der Waals surface area contributed by atoms with Crippen LogP contribution >= 0.6 is 0 Å².